The van der Waals surface area contributed by atoms with Crippen molar-refractivity contribution in [2.45, 2.75) is 46.8 Å². The van der Waals surface area contributed by atoms with Crippen molar-refractivity contribution in [2.24, 2.45) is 0 Å². The first-order valence-corrected chi connectivity index (χ1v) is 10.4. The Bertz CT molecular complexity index is 1100. The van der Waals surface area contributed by atoms with E-state index in [4.69, 9.17) is 4.74 Å². The standard InChI is InChI=1S/C21H24N4O4S/c1-11(2)22-21(28)24-18(26)14(5)29-20(27)17-16(25-8-6-7-9-25)15-12(3)10-13(4)23-19(15)30-17/h6-11,14H,1-5H3,(H2,22,24,26,28). The van der Waals surface area contributed by atoms with Crippen molar-refractivity contribution in [2.75, 3.05) is 0 Å². The highest BCUT2D eigenvalue weighted by Crippen LogP contribution is 2.36. The highest BCUT2D eigenvalue weighted by atomic mass is 32.1. The molecule has 0 aliphatic heterocycles. The van der Waals surface area contributed by atoms with Crippen molar-refractivity contribution in [3.05, 3.63) is 46.7 Å². The van der Waals surface area contributed by atoms with E-state index in [2.05, 4.69) is 15.6 Å². The number of rotatable bonds is 5. The number of carbonyl (C=O) groups is 3. The molecule has 158 valence electrons. The van der Waals surface area contributed by atoms with Gasteiger partial charge in [-0.3, -0.25) is 10.1 Å². The molecule has 0 saturated carbocycles. The summed E-state index contributed by atoms with van der Waals surface area (Å²) in [7, 11) is 0. The molecule has 3 aromatic rings. The van der Waals surface area contributed by atoms with Gasteiger partial charge in [0.25, 0.3) is 5.91 Å². The number of imide groups is 1. The van der Waals surface area contributed by atoms with E-state index in [1.165, 1.54) is 18.3 Å². The largest absolute Gasteiger partial charge is 0.448 e. The van der Waals surface area contributed by atoms with E-state index >= 15 is 0 Å². The lowest BCUT2D eigenvalue weighted by Crippen LogP contribution is -2.46. The van der Waals surface area contributed by atoms with Crippen LogP contribution in [0.5, 0.6) is 0 Å². The van der Waals surface area contributed by atoms with E-state index in [1.54, 1.807) is 13.8 Å². The summed E-state index contributed by atoms with van der Waals surface area (Å²) in [6.45, 7) is 8.83. The summed E-state index contributed by atoms with van der Waals surface area (Å²) in [5.74, 6) is -1.35. The van der Waals surface area contributed by atoms with Crippen molar-refractivity contribution in [3.63, 3.8) is 0 Å². The van der Waals surface area contributed by atoms with Gasteiger partial charge in [0.1, 0.15) is 9.71 Å². The molecule has 0 saturated heterocycles. The maximum atomic E-state index is 13.0. The van der Waals surface area contributed by atoms with Crippen LogP contribution in [0.3, 0.4) is 0 Å². The zero-order valence-electron chi connectivity index (χ0n) is 17.5. The molecule has 0 aromatic carbocycles. The minimum atomic E-state index is -1.14. The number of aryl methyl sites for hydroxylation is 2. The van der Waals surface area contributed by atoms with Crippen LogP contribution in [0, 0.1) is 13.8 Å². The van der Waals surface area contributed by atoms with Gasteiger partial charge in [0.2, 0.25) is 0 Å². The minimum Gasteiger partial charge on any atom is -0.448 e. The molecule has 0 aliphatic rings. The normalized spacial score (nSPS) is 12.1. The number of amides is 3. The smallest absolute Gasteiger partial charge is 0.351 e. The summed E-state index contributed by atoms with van der Waals surface area (Å²) in [6, 6.07) is 4.92. The Labute approximate surface area is 178 Å². The molecule has 2 N–H and O–H groups in total. The fourth-order valence-electron chi connectivity index (χ4n) is 3.07. The van der Waals surface area contributed by atoms with Crippen LogP contribution < -0.4 is 10.6 Å². The summed E-state index contributed by atoms with van der Waals surface area (Å²) < 4.78 is 7.21. The van der Waals surface area contributed by atoms with Gasteiger partial charge in [0.15, 0.2) is 6.10 Å². The average Bonchev–Trinajstić information content (AvgIpc) is 3.27. The molecule has 30 heavy (non-hydrogen) atoms. The monoisotopic (exact) mass is 428 g/mol. The lowest BCUT2D eigenvalue weighted by Gasteiger charge is -2.14. The third-order valence-corrected chi connectivity index (χ3v) is 5.37. The highest BCUT2D eigenvalue weighted by Gasteiger charge is 2.27. The van der Waals surface area contributed by atoms with Crippen LogP contribution in [0.4, 0.5) is 4.79 Å². The maximum Gasteiger partial charge on any atom is 0.351 e. The summed E-state index contributed by atoms with van der Waals surface area (Å²) >= 11 is 1.22. The molecular formula is C21H24N4O4S. The number of hydrogen-bond acceptors (Lipinski definition) is 6. The lowest BCUT2D eigenvalue weighted by atomic mass is 10.1. The van der Waals surface area contributed by atoms with Gasteiger partial charge in [0, 0.05) is 29.5 Å². The van der Waals surface area contributed by atoms with Gasteiger partial charge in [0.05, 0.1) is 5.69 Å². The van der Waals surface area contributed by atoms with Crippen LogP contribution in [0.15, 0.2) is 30.6 Å². The van der Waals surface area contributed by atoms with E-state index in [-0.39, 0.29) is 6.04 Å². The number of hydrogen-bond donors (Lipinski definition) is 2. The molecule has 3 amide bonds. The van der Waals surface area contributed by atoms with Crippen LogP contribution in [-0.4, -0.2) is 39.6 Å². The van der Waals surface area contributed by atoms with Crippen molar-refractivity contribution in [3.8, 4) is 5.69 Å². The lowest BCUT2D eigenvalue weighted by molar-refractivity contribution is -0.127. The summed E-state index contributed by atoms with van der Waals surface area (Å²) in [6.07, 6.45) is 2.53. The van der Waals surface area contributed by atoms with Crippen LogP contribution in [-0.2, 0) is 9.53 Å². The number of nitrogens with zero attached hydrogens (tertiary/aromatic N) is 2. The first kappa shape index (κ1) is 21.5. The van der Waals surface area contributed by atoms with E-state index in [1.807, 2.05) is 49.0 Å². The van der Waals surface area contributed by atoms with Crippen molar-refractivity contribution in [1.29, 1.82) is 0 Å². The van der Waals surface area contributed by atoms with E-state index < -0.39 is 24.0 Å². The number of aromatic nitrogens is 2. The topological polar surface area (TPSA) is 102 Å². The van der Waals surface area contributed by atoms with Crippen molar-refractivity contribution < 1.29 is 19.1 Å². The number of esters is 1. The number of nitrogens with one attached hydrogen (secondary N) is 2. The zero-order valence-corrected chi connectivity index (χ0v) is 18.3. The molecule has 0 aliphatic carbocycles. The first-order valence-electron chi connectivity index (χ1n) is 9.53. The Kier molecular flexibility index (Phi) is 6.21. The molecule has 1 unspecified atom stereocenters. The number of urea groups is 1. The van der Waals surface area contributed by atoms with Crippen molar-refractivity contribution in [1.82, 2.24) is 20.2 Å². The molecule has 0 radical (unpaired) electrons. The molecule has 3 aromatic heterocycles. The predicted molar refractivity (Wildman–Crippen MR) is 115 cm³/mol. The Balaban J connectivity index is 1.90. The van der Waals surface area contributed by atoms with Gasteiger partial charge < -0.3 is 14.6 Å². The number of pyridine rings is 1. The second-order valence-electron chi connectivity index (χ2n) is 7.30. The maximum absolute atomic E-state index is 13.0. The fraction of sp³-hybridized carbons (Fsp3) is 0.333. The molecule has 1 atom stereocenters. The van der Waals surface area contributed by atoms with E-state index in [9.17, 15) is 14.4 Å². The number of fused-ring (bicyclic) bond motifs is 1. The van der Waals surface area contributed by atoms with Gasteiger partial charge in [-0.25, -0.2) is 14.6 Å². The SMILES string of the molecule is Cc1cc(C)c2c(-n3cccc3)c(C(=O)OC(C)C(=O)NC(=O)NC(C)C)sc2n1. The molecule has 0 fully saturated rings. The van der Waals surface area contributed by atoms with Gasteiger partial charge in [-0.15, -0.1) is 11.3 Å². The Morgan fingerprint density at radius 2 is 1.80 bits per heavy atom. The Morgan fingerprint density at radius 3 is 2.43 bits per heavy atom. The van der Waals surface area contributed by atoms with Crippen LogP contribution in [0.25, 0.3) is 15.9 Å². The third-order valence-electron chi connectivity index (χ3n) is 4.32. The van der Waals surface area contributed by atoms with E-state index in [0.29, 0.717) is 10.6 Å². The summed E-state index contributed by atoms with van der Waals surface area (Å²) in [5, 5.41) is 5.59. The van der Waals surface area contributed by atoms with Crippen LogP contribution in [0.2, 0.25) is 0 Å². The van der Waals surface area contributed by atoms with Gasteiger partial charge >= 0.3 is 12.0 Å². The highest BCUT2D eigenvalue weighted by molar-refractivity contribution is 7.21. The summed E-state index contributed by atoms with van der Waals surface area (Å²) in [5.41, 5.74) is 2.51. The molecule has 3 heterocycles. The quantitative estimate of drug-likeness (QED) is 0.606. The molecule has 8 nitrogen and oxygen atoms in total. The number of thiophene rings is 1. The van der Waals surface area contributed by atoms with Gasteiger partial charge in [-0.05, 0) is 58.4 Å². The fourth-order valence-corrected chi connectivity index (χ4v) is 4.25. The number of carbonyl (C=O) groups excluding carboxylic acids is 3. The second-order valence-corrected chi connectivity index (χ2v) is 8.29. The van der Waals surface area contributed by atoms with E-state index in [0.717, 1.165) is 21.5 Å². The molecule has 0 bridgehead atoms. The predicted octanol–water partition coefficient (Wildman–Crippen LogP) is 3.48. The summed E-state index contributed by atoms with van der Waals surface area (Å²) in [4.78, 5) is 42.5. The van der Waals surface area contributed by atoms with Crippen molar-refractivity contribution >= 4 is 39.5 Å². The third kappa shape index (κ3) is 4.51. The Morgan fingerprint density at radius 1 is 1.13 bits per heavy atom. The van der Waals surface area contributed by atoms with Crippen LogP contribution in [0.1, 0.15) is 41.7 Å². The van der Waals surface area contributed by atoms with Gasteiger partial charge in [-0.1, -0.05) is 0 Å². The zero-order chi connectivity index (χ0) is 22.0. The second kappa shape index (κ2) is 8.66. The number of ether oxygens (including phenoxy) is 1. The molecular weight excluding hydrogens is 404 g/mol. The molecule has 0 spiro atoms. The Hall–Kier alpha value is -3.20. The molecule has 3 rings (SSSR count). The average molecular weight is 429 g/mol. The van der Waals surface area contributed by atoms with Gasteiger partial charge in [-0.2, -0.15) is 0 Å². The molecule has 9 heteroatoms. The minimum absolute atomic E-state index is 0.127. The first-order chi connectivity index (χ1) is 14.2. The van der Waals surface area contributed by atoms with Crippen LogP contribution >= 0.6 is 11.3 Å².